The summed E-state index contributed by atoms with van der Waals surface area (Å²) in [7, 11) is 0. The Balaban J connectivity index is 1.63. The van der Waals surface area contributed by atoms with Gasteiger partial charge < -0.3 is 14.5 Å². The molecule has 0 bridgehead atoms. The first kappa shape index (κ1) is 15.7. The van der Waals surface area contributed by atoms with Gasteiger partial charge in [-0.3, -0.25) is 9.78 Å². The maximum absolute atomic E-state index is 12.5. The minimum Gasteiger partial charge on any atom is -0.391 e. The Kier molecular flexibility index (Phi) is 4.43. The molecule has 1 aliphatic heterocycles. The van der Waals surface area contributed by atoms with Gasteiger partial charge in [0.1, 0.15) is 5.76 Å². The Morgan fingerprint density at radius 3 is 2.87 bits per heavy atom. The highest BCUT2D eigenvalue weighted by Gasteiger charge is 2.34. The zero-order chi connectivity index (χ0) is 16.4. The Bertz CT molecular complexity index is 664. The molecular formula is C17H21N3O3. The van der Waals surface area contributed by atoms with Crippen molar-refractivity contribution in [1.29, 1.82) is 0 Å². The molecule has 2 aromatic heterocycles. The zero-order valence-corrected chi connectivity index (χ0v) is 13.4. The van der Waals surface area contributed by atoms with Crippen molar-refractivity contribution < 1.29 is 14.4 Å². The van der Waals surface area contributed by atoms with Crippen LogP contribution in [0.5, 0.6) is 0 Å². The standard InChI is InChI=1S/C17H21N3O3/c1-11-15(12(2)23-19-11)8-17(22)20-9-13(16(21)10-20)7-14-5-3-4-6-18-14/h3-6,13,16,21H,7-10H2,1-2H3/t13-,16-/m1/s1. The van der Waals surface area contributed by atoms with Crippen LogP contribution in [0, 0.1) is 19.8 Å². The summed E-state index contributed by atoms with van der Waals surface area (Å²) in [6, 6.07) is 5.75. The number of aliphatic hydroxyl groups excluding tert-OH is 1. The van der Waals surface area contributed by atoms with Gasteiger partial charge in [0.15, 0.2) is 0 Å². The number of β-amino-alcohol motifs (C(OH)–C–C–N with tert-alkyl or cyclic N) is 1. The third kappa shape index (κ3) is 3.42. The van der Waals surface area contributed by atoms with Gasteiger partial charge in [0.25, 0.3) is 0 Å². The molecule has 1 aliphatic rings. The highest BCUT2D eigenvalue weighted by molar-refractivity contribution is 5.79. The number of nitrogens with zero attached hydrogens (tertiary/aromatic N) is 3. The van der Waals surface area contributed by atoms with Crippen molar-refractivity contribution in [3.8, 4) is 0 Å². The lowest BCUT2D eigenvalue weighted by molar-refractivity contribution is -0.129. The summed E-state index contributed by atoms with van der Waals surface area (Å²) in [5.41, 5.74) is 2.54. The SMILES string of the molecule is Cc1noc(C)c1CC(=O)N1C[C@@H](Cc2ccccn2)[C@H](O)C1. The maximum Gasteiger partial charge on any atom is 0.227 e. The van der Waals surface area contributed by atoms with Crippen molar-refractivity contribution >= 4 is 5.91 Å². The molecule has 0 spiro atoms. The van der Waals surface area contributed by atoms with Crippen LogP contribution < -0.4 is 0 Å². The normalized spacial score (nSPS) is 20.9. The van der Waals surface area contributed by atoms with Gasteiger partial charge in [-0.05, 0) is 32.4 Å². The molecule has 1 saturated heterocycles. The molecule has 2 atom stereocenters. The number of amides is 1. The molecular weight excluding hydrogens is 294 g/mol. The predicted octanol–water partition coefficient (Wildman–Crippen LogP) is 1.29. The van der Waals surface area contributed by atoms with Crippen LogP contribution in [-0.2, 0) is 17.6 Å². The van der Waals surface area contributed by atoms with Crippen LogP contribution in [-0.4, -0.2) is 45.2 Å². The molecule has 3 rings (SSSR count). The van der Waals surface area contributed by atoms with E-state index in [1.54, 1.807) is 11.1 Å². The van der Waals surface area contributed by atoms with E-state index in [1.807, 2.05) is 32.0 Å². The van der Waals surface area contributed by atoms with Crippen LogP contribution >= 0.6 is 0 Å². The highest BCUT2D eigenvalue weighted by Crippen LogP contribution is 2.22. The number of aryl methyl sites for hydroxylation is 2. The van der Waals surface area contributed by atoms with E-state index in [1.165, 1.54) is 0 Å². The average molecular weight is 315 g/mol. The van der Waals surface area contributed by atoms with E-state index in [4.69, 9.17) is 4.52 Å². The molecule has 0 radical (unpaired) electrons. The Morgan fingerprint density at radius 1 is 1.39 bits per heavy atom. The smallest absolute Gasteiger partial charge is 0.227 e. The molecule has 1 amide bonds. The van der Waals surface area contributed by atoms with Crippen molar-refractivity contribution in [2.24, 2.45) is 5.92 Å². The molecule has 1 fully saturated rings. The van der Waals surface area contributed by atoms with E-state index in [9.17, 15) is 9.90 Å². The monoisotopic (exact) mass is 315 g/mol. The van der Waals surface area contributed by atoms with Crippen molar-refractivity contribution in [1.82, 2.24) is 15.0 Å². The average Bonchev–Trinajstić information content (AvgIpc) is 3.06. The number of rotatable bonds is 4. The summed E-state index contributed by atoms with van der Waals surface area (Å²) in [4.78, 5) is 18.5. The van der Waals surface area contributed by atoms with Gasteiger partial charge in [-0.15, -0.1) is 0 Å². The first-order valence-corrected chi connectivity index (χ1v) is 7.82. The van der Waals surface area contributed by atoms with Gasteiger partial charge in [0, 0.05) is 36.5 Å². The number of carbonyl (C=O) groups excluding carboxylic acids is 1. The van der Waals surface area contributed by atoms with Gasteiger partial charge in [-0.25, -0.2) is 0 Å². The molecule has 0 unspecified atom stereocenters. The number of likely N-dealkylation sites (tertiary alicyclic amines) is 1. The van der Waals surface area contributed by atoms with Crippen molar-refractivity contribution in [3.63, 3.8) is 0 Å². The topological polar surface area (TPSA) is 79.5 Å². The molecule has 2 aromatic rings. The Morgan fingerprint density at radius 2 is 2.22 bits per heavy atom. The lowest BCUT2D eigenvalue weighted by Crippen LogP contribution is -2.31. The maximum atomic E-state index is 12.5. The van der Waals surface area contributed by atoms with Gasteiger partial charge in [0.05, 0.1) is 18.2 Å². The number of aromatic nitrogens is 2. The number of carbonyl (C=O) groups is 1. The van der Waals surface area contributed by atoms with Crippen LogP contribution in [0.3, 0.4) is 0 Å². The minimum absolute atomic E-state index is 0.00182. The molecule has 3 heterocycles. The summed E-state index contributed by atoms with van der Waals surface area (Å²) < 4.78 is 5.10. The first-order valence-electron chi connectivity index (χ1n) is 7.82. The molecule has 0 aliphatic carbocycles. The van der Waals surface area contributed by atoms with Crippen LogP contribution in [0.4, 0.5) is 0 Å². The summed E-state index contributed by atoms with van der Waals surface area (Å²) in [5.74, 6) is 0.709. The Hall–Kier alpha value is -2.21. The molecule has 6 heteroatoms. The molecule has 122 valence electrons. The number of hydrogen-bond acceptors (Lipinski definition) is 5. The second kappa shape index (κ2) is 6.50. The quantitative estimate of drug-likeness (QED) is 0.920. The Labute approximate surface area is 135 Å². The molecule has 0 saturated carbocycles. The molecule has 1 N–H and O–H groups in total. The summed E-state index contributed by atoms with van der Waals surface area (Å²) in [5, 5.41) is 14.1. The van der Waals surface area contributed by atoms with Gasteiger partial charge in [-0.1, -0.05) is 11.2 Å². The van der Waals surface area contributed by atoms with Crippen molar-refractivity contribution in [2.45, 2.75) is 32.8 Å². The fourth-order valence-corrected chi connectivity index (χ4v) is 3.06. The second-order valence-electron chi connectivity index (χ2n) is 6.13. The van der Waals surface area contributed by atoms with Crippen molar-refractivity contribution in [3.05, 3.63) is 47.1 Å². The van der Waals surface area contributed by atoms with E-state index in [-0.39, 0.29) is 18.2 Å². The fourth-order valence-electron chi connectivity index (χ4n) is 3.06. The van der Waals surface area contributed by atoms with Crippen molar-refractivity contribution in [2.75, 3.05) is 13.1 Å². The minimum atomic E-state index is -0.509. The van der Waals surface area contributed by atoms with E-state index in [0.717, 1.165) is 17.0 Å². The number of pyridine rings is 1. The number of hydrogen-bond donors (Lipinski definition) is 1. The van der Waals surface area contributed by atoms with Gasteiger partial charge in [0.2, 0.25) is 5.91 Å². The predicted molar refractivity (Wildman–Crippen MR) is 83.7 cm³/mol. The van der Waals surface area contributed by atoms with Crippen LogP contribution in [0.1, 0.15) is 22.7 Å². The molecule has 0 aromatic carbocycles. The second-order valence-corrected chi connectivity index (χ2v) is 6.13. The lowest BCUT2D eigenvalue weighted by atomic mass is 10.00. The van der Waals surface area contributed by atoms with E-state index in [2.05, 4.69) is 10.1 Å². The highest BCUT2D eigenvalue weighted by atomic mass is 16.5. The molecule has 23 heavy (non-hydrogen) atoms. The van der Waals surface area contributed by atoms with Gasteiger partial charge >= 0.3 is 0 Å². The van der Waals surface area contributed by atoms with Crippen LogP contribution in [0.15, 0.2) is 28.9 Å². The summed E-state index contributed by atoms with van der Waals surface area (Å²) in [6.07, 6.45) is 2.18. The van der Waals surface area contributed by atoms with Gasteiger partial charge in [-0.2, -0.15) is 0 Å². The van der Waals surface area contributed by atoms with Crippen LogP contribution in [0.2, 0.25) is 0 Å². The fraction of sp³-hybridized carbons (Fsp3) is 0.471. The number of aliphatic hydroxyl groups is 1. The molecule has 6 nitrogen and oxygen atoms in total. The van der Waals surface area contributed by atoms with Crippen LogP contribution in [0.25, 0.3) is 0 Å². The largest absolute Gasteiger partial charge is 0.391 e. The zero-order valence-electron chi connectivity index (χ0n) is 13.4. The first-order chi connectivity index (χ1) is 11.0. The summed E-state index contributed by atoms with van der Waals surface area (Å²) in [6.45, 7) is 4.58. The van der Waals surface area contributed by atoms with E-state index < -0.39 is 6.10 Å². The third-order valence-electron chi connectivity index (χ3n) is 4.47. The van der Waals surface area contributed by atoms with E-state index in [0.29, 0.717) is 25.3 Å². The lowest BCUT2D eigenvalue weighted by Gasteiger charge is -2.16. The summed E-state index contributed by atoms with van der Waals surface area (Å²) >= 11 is 0. The third-order valence-corrected chi connectivity index (χ3v) is 4.47. The van der Waals surface area contributed by atoms with E-state index >= 15 is 0 Å².